The van der Waals surface area contributed by atoms with Gasteiger partial charge >= 0.3 is 12.6 Å². The summed E-state index contributed by atoms with van der Waals surface area (Å²) in [5.74, 6) is 1.15. The molecule has 2 amide bonds. The van der Waals surface area contributed by atoms with Gasteiger partial charge in [0.15, 0.2) is 5.82 Å². The highest BCUT2D eigenvalue weighted by molar-refractivity contribution is 5.99. The van der Waals surface area contributed by atoms with Crippen LogP contribution in [-0.4, -0.2) is 32.4 Å². The minimum atomic E-state index is -2.94. The van der Waals surface area contributed by atoms with Gasteiger partial charge in [0.05, 0.1) is 0 Å². The maximum atomic E-state index is 12.3. The number of anilines is 4. The fraction of sp³-hybridized carbons (Fsp3) is 0.0476. The molecule has 2 heterocycles. The minimum Gasteiger partial charge on any atom is -0.435 e. The maximum Gasteiger partial charge on any atom is 0.387 e. The monoisotopic (exact) mass is 437 g/mol. The van der Waals surface area contributed by atoms with Crippen LogP contribution >= 0.6 is 0 Å². The molecule has 3 N–H and O–H groups in total. The van der Waals surface area contributed by atoms with Gasteiger partial charge in [-0.15, -0.1) is 0 Å². The Kier molecular flexibility index (Phi) is 6.16. The number of benzene rings is 2. The third-order valence-electron chi connectivity index (χ3n) is 4.12. The van der Waals surface area contributed by atoms with Crippen LogP contribution in [0.15, 0.2) is 79.4 Å². The van der Waals surface area contributed by atoms with Crippen LogP contribution in [0.5, 0.6) is 5.75 Å². The molecule has 4 aromatic rings. The predicted octanol–water partition coefficient (Wildman–Crippen LogP) is 4.65. The van der Waals surface area contributed by atoms with Gasteiger partial charge in [0.25, 0.3) is 0 Å². The van der Waals surface area contributed by atoms with Gasteiger partial charge in [0, 0.05) is 41.6 Å². The molecule has 9 nitrogen and oxygen atoms in total. The van der Waals surface area contributed by atoms with Crippen LogP contribution in [0.2, 0.25) is 0 Å². The van der Waals surface area contributed by atoms with Crippen LogP contribution < -0.4 is 20.7 Å². The third kappa shape index (κ3) is 5.53. The number of amides is 2. The Morgan fingerprint density at radius 1 is 0.938 bits per heavy atom. The number of halogens is 2. The zero-order chi connectivity index (χ0) is 22.3. The first-order valence-corrected chi connectivity index (χ1v) is 9.37. The zero-order valence-electron chi connectivity index (χ0n) is 16.4. The molecular weight excluding hydrogens is 420 g/mol. The SMILES string of the molecule is O=C(Nc1ccc(Nc2cc(-n3cccn3)ncn2)cc1)Nc1cccc(OC(F)F)c1. The summed E-state index contributed by atoms with van der Waals surface area (Å²) < 4.78 is 30.6. The molecular formula is C21H17F2N7O2. The summed E-state index contributed by atoms with van der Waals surface area (Å²) in [7, 11) is 0. The molecule has 0 unspecified atom stereocenters. The molecule has 32 heavy (non-hydrogen) atoms. The number of urea groups is 1. The normalized spacial score (nSPS) is 10.6. The van der Waals surface area contributed by atoms with E-state index in [-0.39, 0.29) is 5.75 Å². The molecule has 4 rings (SSSR count). The Labute approximate surface area is 181 Å². The maximum absolute atomic E-state index is 12.3. The first kappa shape index (κ1) is 20.7. The second-order valence-electron chi connectivity index (χ2n) is 6.40. The van der Waals surface area contributed by atoms with Crippen LogP contribution in [0.3, 0.4) is 0 Å². The molecule has 162 valence electrons. The summed E-state index contributed by atoms with van der Waals surface area (Å²) in [6, 6.07) is 15.7. The van der Waals surface area contributed by atoms with Crippen LogP contribution in [0.25, 0.3) is 5.82 Å². The van der Waals surface area contributed by atoms with Gasteiger partial charge in [-0.2, -0.15) is 13.9 Å². The van der Waals surface area contributed by atoms with Crippen molar-refractivity contribution in [3.8, 4) is 11.6 Å². The number of hydrogen-bond acceptors (Lipinski definition) is 6. The summed E-state index contributed by atoms with van der Waals surface area (Å²) >= 11 is 0. The van der Waals surface area contributed by atoms with Crippen molar-refractivity contribution in [3.05, 3.63) is 79.4 Å². The number of ether oxygens (including phenoxy) is 1. The Morgan fingerprint density at radius 2 is 1.72 bits per heavy atom. The Morgan fingerprint density at radius 3 is 2.47 bits per heavy atom. The first-order valence-electron chi connectivity index (χ1n) is 9.37. The van der Waals surface area contributed by atoms with Crippen molar-refractivity contribution in [1.82, 2.24) is 19.7 Å². The lowest BCUT2D eigenvalue weighted by Gasteiger charge is -2.11. The molecule has 0 bridgehead atoms. The molecule has 0 atom stereocenters. The minimum absolute atomic E-state index is 0.0475. The second-order valence-corrected chi connectivity index (χ2v) is 6.40. The standard InChI is InChI=1S/C21H17F2N7O2/c22-20(23)32-17-4-1-3-16(11-17)29-21(31)28-15-7-5-14(6-8-15)27-18-12-19(25-13-24-18)30-10-2-9-26-30/h1-13,20H,(H,24,25,27)(H2,28,29,31). The number of carbonyl (C=O) groups is 1. The van der Waals surface area contributed by atoms with E-state index in [1.165, 1.54) is 24.5 Å². The number of alkyl halides is 2. The molecule has 0 aliphatic rings. The summed E-state index contributed by atoms with van der Waals surface area (Å²) in [6.07, 6.45) is 4.87. The number of nitrogens with zero attached hydrogens (tertiary/aromatic N) is 4. The van der Waals surface area contributed by atoms with E-state index < -0.39 is 12.6 Å². The molecule has 0 fully saturated rings. The van der Waals surface area contributed by atoms with Crippen LogP contribution in [0.4, 0.5) is 36.5 Å². The van der Waals surface area contributed by atoms with Crippen molar-refractivity contribution >= 4 is 28.9 Å². The predicted molar refractivity (Wildman–Crippen MR) is 115 cm³/mol. The van der Waals surface area contributed by atoms with Gasteiger partial charge in [-0.3, -0.25) is 0 Å². The third-order valence-corrected chi connectivity index (χ3v) is 4.12. The van der Waals surface area contributed by atoms with E-state index in [9.17, 15) is 13.6 Å². The number of nitrogens with one attached hydrogen (secondary N) is 3. The highest BCUT2D eigenvalue weighted by Gasteiger charge is 2.08. The topological polar surface area (TPSA) is 106 Å². The summed E-state index contributed by atoms with van der Waals surface area (Å²) in [6.45, 7) is -2.94. The summed E-state index contributed by atoms with van der Waals surface area (Å²) in [4.78, 5) is 20.6. The van der Waals surface area contributed by atoms with Gasteiger partial charge in [-0.25, -0.2) is 19.4 Å². The number of aromatic nitrogens is 4. The molecule has 0 spiro atoms. The van der Waals surface area contributed by atoms with Crippen LogP contribution in [0, 0.1) is 0 Å². The van der Waals surface area contributed by atoms with Crippen molar-refractivity contribution in [2.45, 2.75) is 6.61 Å². The van der Waals surface area contributed by atoms with Gasteiger partial charge in [-0.05, 0) is 42.5 Å². The smallest absolute Gasteiger partial charge is 0.387 e. The van der Waals surface area contributed by atoms with E-state index >= 15 is 0 Å². The highest BCUT2D eigenvalue weighted by Crippen LogP contribution is 2.21. The largest absolute Gasteiger partial charge is 0.435 e. The molecule has 0 saturated carbocycles. The molecule has 2 aromatic heterocycles. The van der Waals surface area contributed by atoms with E-state index in [1.54, 1.807) is 59.5 Å². The fourth-order valence-corrected chi connectivity index (χ4v) is 2.77. The van der Waals surface area contributed by atoms with Crippen molar-refractivity contribution in [1.29, 1.82) is 0 Å². The van der Waals surface area contributed by atoms with Gasteiger partial charge in [0.1, 0.15) is 17.9 Å². The second kappa shape index (κ2) is 9.51. The fourth-order valence-electron chi connectivity index (χ4n) is 2.77. The molecule has 2 aromatic carbocycles. The average Bonchev–Trinajstić information content (AvgIpc) is 3.30. The number of rotatable bonds is 7. The lowest BCUT2D eigenvalue weighted by atomic mass is 10.2. The van der Waals surface area contributed by atoms with E-state index in [1.807, 2.05) is 0 Å². The van der Waals surface area contributed by atoms with Gasteiger partial charge in [0.2, 0.25) is 0 Å². The van der Waals surface area contributed by atoms with E-state index in [4.69, 9.17) is 0 Å². The Balaban J connectivity index is 1.35. The van der Waals surface area contributed by atoms with E-state index in [0.29, 0.717) is 23.0 Å². The average molecular weight is 437 g/mol. The lowest BCUT2D eigenvalue weighted by molar-refractivity contribution is -0.0497. The van der Waals surface area contributed by atoms with E-state index in [2.05, 4.69) is 35.8 Å². The van der Waals surface area contributed by atoms with Crippen LogP contribution in [0.1, 0.15) is 0 Å². The number of hydrogen-bond donors (Lipinski definition) is 3. The molecule has 0 saturated heterocycles. The molecule has 0 radical (unpaired) electrons. The molecule has 0 aliphatic heterocycles. The summed E-state index contributed by atoms with van der Waals surface area (Å²) in [5, 5.41) is 12.5. The Hall–Kier alpha value is -4.54. The number of carbonyl (C=O) groups excluding carboxylic acids is 1. The van der Waals surface area contributed by atoms with Gasteiger partial charge < -0.3 is 20.7 Å². The zero-order valence-corrected chi connectivity index (χ0v) is 16.4. The summed E-state index contributed by atoms with van der Waals surface area (Å²) in [5.41, 5.74) is 1.60. The molecule has 11 heteroatoms. The van der Waals surface area contributed by atoms with Crippen molar-refractivity contribution in [3.63, 3.8) is 0 Å². The van der Waals surface area contributed by atoms with Crippen molar-refractivity contribution in [2.24, 2.45) is 0 Å². The lowest BCUT2D eigenvalue weighted by Crippen LogP contribution is -2.19. The van der Waals surface area contributed by atoms with Crippen molar-refractivity contribution < 1.29 is 18.3 Å². The highest BCUT2D eigenvalue weighted by atomic mass is 19.3. The van der Waals surface area contributed by atoms with Crippen LogP contribution in [-0.2, 0) is 0 Å². The van der Waals surface area contributed by atoms with E-state index in [0.717, 1.165) is 5.69 Å². The Bertz CT molecular complexity index is 1180. The van der Waals surface area contributed by atoms with Crippen molar-refractivity contribution in [2.75, 3.05) is 16.0 Å². The first-order chi connectivity index (χ1) is 15.5. The van der Waals surface area contributed by atoms with Gasteiger partial charge in [-0.1, -0.05) is 6.07 Å². The molecule has 0 aliphatic carbocycles. The quantitative estimate of drug-likeness (QED) is 0.389.